The Labute approximate surface area is 142 Å². The van der Waals surface area contributed by atoms with Gasteiger partial charge in [-0.25, -0.2) is 0 Å². The standard InChI is InChI=1S/C22H36O/c1-5-15-7-9-18-17-8-6-16-12-14(2)10-11-21(16,3)20(17)19(23)13-22(15,18)4/h5,14,16-20,23H,6-13H2,1-4H3/b15-5-/t14-,16+,17+,18+,19+,20-,21+,22-/m1/s1. The van der Waals surface area contributed by atoms with Gasteiger partial charge >= 0.3 is 0 Å². The molecule has 4 fully saturated rings. The molecule has 130 valence electrons. The van der Waals surface area contributed by atoms with Crippen LogP contribution in [-0.2, 0) is 0 Å². The van der Waals surface area contributed by atoms with Crippen molar-refractivity contribution in [2.24, 2.45) is 40.4 Å². The lowest BCUT2D eigenvalue weighted by Gasteiger charge is -2.62. The van der Waals surface area contributed by atoms with Crippen LogP contribution in [0.25, 0.3) is 0 Å². The summed E-state index contributed by atoms with van der Waals surface area (Å²) in [7, 11) is 0. The zero-order valence-corrected chi connectivity index (χ0v) is 15.6. The van der Waals surface area contributed by atoms with Crippen molar-refractivity contribution in [3.63, 3.8) is 0 Å². The van der Waals surface area contributed by atoms with Crippen molar-refractivity contribution < 1.29 is 5.11 Å². The minimum atomic E-state index is -0.0736. The lowest BCUT2D eigenvalue weighted by atomic mass is 9.44. The maximum absolute atomic E-state index is 11.3. The summed E-state index contributed by atoms with van der Waals surface area (Å²) < 4.78 is 0. The molecule has 0 radical (unpaired) electrons. The summed E-state index contributed by atoms with van der Waals surface area (Å²) in [6.45, 7) is 9.67. The smallest absolute Gasteiger partial charge is 0.0584 e. The summed E-state index contributed by atoms with van der Waals surface area (Å²) >= 11 is 0. The van der Waals surface area contributed by atoms with Crippen molar-refractivity contribution >= 4 is 0 Å². The number of aliphatic hydroxyl groups is 1. The first kappa shape index (κ1) is 16.2. The van der Waals surface area contributed by atoms with Gasteiger partial charge in [-0.15, -0.1) is 0 Å². The summed E-state index contributed by atoms with van der Waals surface area (Å²) in [4.78, 5) is 0. The van der Waals surface area contributed by atoms with Crippen molar-refractivity contribution in [1.29, 1.82) is 0 Å². The van der Waals surface area contributed by atoms with Crippen molar-refractivity contribution in [2.75, 3.05) is 0 Å². The molecule has 1 heteroatoms. The van der Waals surface area contributed by atoms with E-state index in [1.807, 2.05) is 0 Å². The lowest BCUT2D eigenvalue weighted by molar-refractivity contribution is -0.161. The molecule has 8 atom stereocenters. The average Bonchev–Trinajstić information content (AvgIpc) is 2.83. The Kier molecular flexibility index (Phi) is 3.76. The zero-order valence-electron chi connectivity index (χ0n) is 15.6. The van der Waals surface area contributed by atoms with E-state index in [2.05, 4.69) is 33.8 Å². The van der Waals surface area contributed by atoms with Crippen LogP contribution >= 0.6 is 0 Å². The highest BCUT2D eigenvalue weighted by atomic mass is 16.3. The first-order valence-electron chi connectivity index (χ1n) is 10.2. The molecule has 0 bridgehead atoms. The van der Waals surface area contributed by atoms with Crippen LogP contribution in [-0.4, -0.2) is 11.2 Å². The van der Waals surface area contributed by atoms with Gasteiger partial charge in [0.25, 0.3) is 0 Å². The van der Waals surface area contributed by atoms with Gasteiger partial charge in [0, 0.05) is 0 Å². The van der Waals surface area contributed by atoms with Gasteiger partial charge in [-0.1, -0.05) is 38.8 Å². The molecule has 23 heavy (non-hydrogen) atoms. The SMILES string of the molecule is C/C=C1/CC[C@H]2[C@@H]3CC[C@H]4C[C@H](C)CC[C@]4(C)[C@H]3[C@@H](O)C[C@]12C. The second-order valence-corrected chi connectivity index (χ2v) is 10.00. The normalized spacial score (nSPS) is 57.7. The number of hydrogen-bond acceptors (Lipinski definition) is 1. The van der Waals surface area contributed by atoms with Crippen LogP contribution in [0.2, 0.25) is 0 Å². The Balaban J connectivity index is 1.69. The van der Waals surface area contributed by atoms with E-state index < -0.39 is 0 Å². The van der Waals surface area contributed by atoms with Gasteiger partial charge in [-0.3, -0.25) is 0 Å². The lowest BCUT2D eigenvalue weighted by Crippen LogP contribution is -2.58. The molecule has 0 amide bonds. The summed E-state index contributed by atoms with van der Waals surface area (Å²) in [6, 6.07) is 0. The molecule has 4 aliphatic rings. The first-order valence-corrected chi connectivity index (χ1v) is 10.2. The highest BCUT2D eigenvalue weighted by Gasteiger charge is 2.61. The van der Waals surface area contributed by atoms with Crippen LogP contribution in [0.4, 0.5) is 0 Å². The number of rotatable bonds is 0. The second-order valence-electron chi connectivity index (χ2n) is 10.00. The maximum atomic E-state index is 11.3. The summed E-state index contributed by atoms with van der Waals surface area (Å²) in [6.07, 6.45) is 12.9. The summed E-state index contributed by atoms with van der Waals surface area (Å²) in [5, 5.41) is 11.3. The Hall–Kier alpha value is -0.300. The first-order chi connectivity index (χ1) is 10.9. The molecule has 0 saturated heterocycles. The van der Waals surface area contributed by atoms with E-state index in [1.165, 1.54) is 44.9 Å². The topological polar surface area (TPSA) is 20.2 Å². The molecule has 0 heterocycles. The third-order valence-corrected chi connectivity index (χ3v) is 9.06. The van der Waals surface area contributed by atoms with E-state index in [4.69, 9.17) is 0 Å². The van der Waals surface area contributed by atoms with E-state index in [0.717, 1.165) is 30.1 Å². The van der Waals surface area contributed by atoms with Gasteiger partial charge in [0.1, 0.15) is 0 Å². The Bertz CT molecular complexity index is 508. The molecule has 4 saturated carbocycles. The van der Waals surface area contributed by atoms with Crippen LogP contribution in [0.3, 0.4) is 0 Å². The van der Waals surface area contributed by atoms with E-state index in [1.54, 1.807) is 5.57 Å². The highest BCUT2D eigenvalue weighted by molar-refractivity contribution is 5.24. The van der Waals surface area contributed by atoms with E-state index in [-0.39, 0.29) is 6.10 Å². The van der Waals surface area contributed by atoms with Crippen LogP contribution < -0.4 is 0 Å². The van der Waals surface area contributed by atoms with Gasteiger partial charge < -0.3 is 5.11 Å². The van der Waals surface area contributed by atoms with Crippen molar-refractivity contribution in [3.8, 4) is 0 Å². The molecular weight excluding hydrogens is 280 g/mol. The monoisotopic (exact) mass is 316 g/mol. The predicted octanol–water partition coefficient (Wildman–Crippen LogP) is 5.58. The molecule has 0 aromatic heterocycles. The molecule has 0 aliphatic heterocycles. The number of aliphatic hydroxyl groups excluding tert-OH is 1. The molecule has 0 aromatic carbocycles. The number of hydrogen-bond donors (Lipinski definition) is 1. The quantitative estimate of drug-likeness (QED) is 0.578. The predicted molar refractivity (Wildman–Crippen MR) is 96.0 cm³/mol. The van der Waals surface area contributed by atoms with E-state index >= 15 is 0 Å². The van der Waals surface area contributed by atoms with Crippen molar-refractivity contribution in [1.82, 2.24) is 0 Å². The molecule has 0 aromatic rings. The summed E-state index contributed by atoms with van der Waals surface area (Å²) in [5.41, 5.74) is 2.35. The van der Waals surface area contributed by atoms with Crippen LogP contribution in [0.15, 0.2) is 11.6 Å². The van der Waals surface area contributed by atoms with Gasteiger partial charge in [-0.2, -0.15) is 0 Å². The van der Waals surface area contributed by atoms with E-state index in [9.17, 15) is 5.11 Å². The molecular formula is C22H36O. The Morgan fingerprint density at radius 2 is 1.91 bits per heavy atom. The van der Waals surface area contributed by atoms with Gasteiger partial charge in [0.2, 0.25) is 0 Å². The molecule has 4 aliphatic carbocycles. The average molecular weight is 317 g/mol. The fourth-order valence-electron chi connectivity index (χ4n) is 7.92. The fourth-order valence-corrected chi connectivity index (χ4v) is 7.92. The van der Waals surface area contributed by atoms with Crippen molar-refractivity contribution in [3.05, 3.63) is 11.6 Å². The van der Waals surface area contributed by atoms with Gasteiger partial charge in [0.15, 0.2) is 0 Å². The zero-order chi connectivity index (χ0) is 16.4. The molecule has 1 N–H and O–H groups in total. The minimum Gasteiger partial charge on any atom is -0.393 e. The fraction of sp³-hybridized carbons (Fsp3) is 0.909. The Morgan fingerprint density at radius 3 is 2.65 bits per heavy atom. The van der Waals surface area contributed by atoms with Gasteiger partial charge in [-0.05, 0) is 92.3 Å². The number of fused-ring (bicyclic) bond motifs is 5. The van der Waals surface area contributed by atoms with Crippen LogP contribution in [0, 0.1) is 40.4 Å². The van der Waals surface area contributed by atoms with Crippen LogP contribution in [0.1, 0.15) is 79.1 Å². The minimum absolute atomic E-state index is 0.0736. The molecule has 1 nitrogen and oxygen atoms in total. The summed E-state index contributed by atoms with van der Waals surface area (Å²) in [5.74, 6) is 3.95. The van der Waals surface area contributed by atoms with E-state index in [0.29, 0.717) is 16.7 Å². The van der Waals surface area contributed by atoms with Crippen LogP contribution in [0.5, 0.6) is 0 Å². The molecule has 4 rings (SSSR count). The third kappa shape index (κ3) is 2.14. The second kappa shape index (κ2) is 5.35. The molecule has 0 unspecified atom stereocenters. The Morgan fingerprint density at radius 1 is 1.13 bits per heavy atom. The molecule has 0 spiro atoms. The number of allylic oxidation sites excluding steroid dienone is 2. The third-order valence-electron chi connectivity index (χ3n) is 9.06. The highest BCUT2D eigenvalue weighted by Crippen LogP contribution is 2.67. The van der Waals surface area contributed by atoms with Crippen molar-refractivity contribution in [2.45, 2.75) is 85.2 Å². The van der Waals surface area contributed by atoms with Gasteiger partial charge in [0.05, 0.1) is 6.10 Å². The largest absolute Gasteiger partial charge is 0.393 e. The maximum Gasteiger partial charge on any atom is 0.0584 e.